The number of aryl methyl sites for hydroxylation is 3. The molecule has 2 rings (SSSR count). The molecule has 0 aliphatic rings. The van der Waals surface area contributed by atoms with Crippen LogP contribution in [-0.2, 0) is 19.4 Å². The molecule has 1 aromatic carbocycles. The molecule has 0 bridgehead atoms. The van der Waals surface area contributed by atoms with Gasteiger partial charge in [-0.05, 0) is 50.8 Å². The molecule has 0 saturated heterocycles. The first-order chi connectivity index (χ1) is 10.2. The van der Waals surface area contributed by atoms with E-state index in [1.54, 1.807) is 0 Å². The molecular formula is C18H27N3. The number of rotatable bonds is 8. The van der Waals surface area contributed by atoms with Crippen molar-refractivity contribution in [2.75, 3.05) is 6.54 Å². The van der Waals surface area contributed by atoms with Crippen LogP contribution in [0.5, 0.6) is 0 Å². The van der Waals surface area contributed by atoms with Crippen molar-refractivity contribution in [2.24, 2.45) is 0 Å². The van der Waals surface area contributed by atoms with Crippen molar-refractivity contribution in [3.05, 3.63) is 53.3 Å². The lowest BCUT2D eigenvalue weighted by molar-refractivity contribution is 0.491. The van der Waals surface area contributed by atoms with Crippen molar-refractivity contribution in [3.63, 3.8) is 0 Å². The van der Waals surface area contributed by atoms with E-state index < -0.39 is 0 Å². The number of aromatic nitrogens is 2. The third-order valence-corrected chi connectivity index (χ3v) is 3.85. The van der Waals surface area contributed by atoms with Crippen molar-refractivity contribution in [2.45, 2.75) is 52.6 Å². The van der Waals surface area contributed by atoms with Crippen LogP contribution in [0.15, 0.2) is 36.7 Å². The van der Waals surface area contributed by atoms with Crippen LogP contribution < -0.4 is 5.32 Å². The third kappa shape index (κ3) is 5.01. The van der Waals surface area contributed by atoms with E-state index in [0.29, 0.717) is 6.04 Å². The van der Waals surface area contributed by atoms with Gasteiger partial charge in [-0.2, -0.15) is 5.10 Å². The fraction of sp³-hybridized carbons (Fsp3) is 0.500. The Balaban J connectivity index is 1.92. The Morgan fingerprint density at radius 2 is 2.10 bits per heavy atom. The molecule has 0 aliphatic carbocycles. The van der Waals surface area contributed by atoms with Gasteiger partial charge in [0.1, 0.15) is 0 Å². The Labute approximate surface area is 128 Å². The summed E-state index contributed by atoms with van der Waals surface area (Å²) in [6.45, 7) is 8.41. The molecule has 3 nitrogen and oxygen atoms in total. The molecule has 21 heavy (non-hydrogen) atoms. The molecule has 0 fully saturated rings. The number of benzene rings is 1. The van der Waals surface area contributed by atoms with Crippen LogP contribution in [0.1, 0.15) is 37.0 Å². The monoisotopic (exact) mass is 285 g/mol. The molecule has 0 saturated carbocycles. The minimum Gasteiger partial charge on any atom is -0.314 e. The SMILES string of the molecule is CCNC(CCc1cccc(C)c1)Cc1cnn(CC)c1. The van der Waals surface area contributed by atoms with Crippen LogP contribution in [-0.4, -0.2) is 22.4 Å². The summed E-state index contributed by atoms with van der Waals surface area (Å²) in [5.41, 5.74) is 4.10. The average Bonchev–Trinajstić information content (AvgIpc) is 2.93. The van der Waals surface area contributed by atoms with Gasteiger partial charge in [0.15, 0.2) is 0 Å². The van der Waals surface area contributed by atoms with Crippen molar-refractivity contribution in [1.29, 1.82) is 0 Å². The Morgan fingerprint density at radius 1 is 1.24 bits per heavy atom. The van der Waals surface area contributed by atoms with Gasteiger partial charge in [0.2, 0.25) is 0 Å². The second-order valence-electron chi connectivity index (χ2n) is 5.69. The van der Waals surface area contributed by atoms with Crippen LogP contribution in [0.4, 0.5) is 0 Å². The first-order valence-electron chi connectivity index (χ1n) is 8.01. The predicted octanol–water partition coefficient (Wildman–Crippen LogP) is 3.36. The van der Waals surface area contributed by atoms with E-state index in [1.807, 2.05) is 10.9 Å². The smallest absolute Gasteiger partial charge is 0.0522 e. The third-order valence-electron chi connectivity index (χ3n) is 3.85. The van der Waals surface area contributed by atoms with Crippen LogP contribution in [0, 0.1) is 6.92 Å². The summed E-state index contributed by atoms with van der Waals surface area (Å²) in [6.07, 6.45) is 7.51. The summed E-state index contributed by atoms with van der Waals surface area (Å²) in [4.78, 5) is 0. The maximum atomic E-state index is 4.37. The molecule has 114 valence electrons. The highest BCUT2D eigenvalue weighted by Crippen LogP contribution is 2.11. The highest BCUT2D eigenvalue weighted by molar-refractivity contribution is 5.22. The van der Waals surface area contributed by atoms with Gasteiger partial charge >= 0.3 is 0 Å². The first kappa shape index (κ1) is 15.8. The molecule has 2 aromatic rings. The zero-order chi connectivity index (χ0) is 15.1. The molecular weight excluding hydrogens is 258 g/mol. The highest BCUT2D eigenvalue weighted by atomic mass is 15.3. The minimum absolute atomic E-state index is 0.519. The standard InChI is InChI=1S/C18H27N3/c1-4-19-18(12-17-13-20-21(5-2)14-17)10-9-16-8-6-7-15(3)11-16/h6-8,11,13-14,18-19H,4-5,9-10,12H2,1-3H3. The number of nitrogens with one attached hydrogen (secondary N) is 1. The second kappa shape index (κ2) is 7.99. The van der Waals surface area contributed by atoms with Gasteiger partial charge in [0.25, 0.3) is 0 Å². The van der Waals surface area contributed by atoms with E-state index in [2.05, 4.69) is 61.6 Å². The number of nitrogens with zero attached hydrogens (tertiary/aromatic N) is 2. The summed E-state index contributed by atoms with van der Waals surface area (Å²) in [6, 6.07) is 9.34. The zero-order valence-electron chi connectivity index (χ0n) is 13.5. The van der Waals surface area contributed by atoms with Gasteiger partial charge in [0, 0.05) is 18.8 Å². The molecule has 0 spiro atoms. The van der Waals surface area contributed by atoms with E-state index in [4.69, 9.17) is 0 Å². The Kier molecular flexibility index (Phi) is 6.00. The Hall–Kier alpha value is -1.61. The summed E-state index contributed by atoms with van der Waals surface area (Å²) in [5.74, 6) is 0. The van der Waals surface area contributed by atoms with Gasteiger partial charge in [-0.3, -0.25) is 4.68 Å². The van der Waals surface area contributed by atoms with Crippen LogP contribution in [0.2, 0.25) is 0 Å². The van der Waals surface area contributed by atoms with Gasteiger partial charge < -0.3 is 5.32 Å². The van der Waals surface area contributed by atoms with Gasteiger partial charge in [0.05, 0.1) is 6.20 Å². The quantitative estimate of drug-likeness (QED) is 0.806. The topological polar surface area (TPSA) is 29.9 Å². The maximum Gasteiger partial charge on any atom is 0.0522 e. The molecule has 3 heteroatoms. The molecule has 0 radical (unpaired) electrons. The summed E-state index contributed by atoms with van der Waals surface area (Å²) < 4.78 is 2.00. The maximum absolute atomic E-state index is 4.37. The summed E-state index contributed by atoms with van der Waals surface area (Å²) in [7, 11) is 0. The normalized spacial score (nSPS) is 12.5. The van der Waals surface area contributed by atoms with Crippen LogP contribution in [0.25, 0.3) is 0 Å². The van der Waals surface area contributed by atoms with Crippen LogP contribution in [0.3, 0.4) is 0 Å². The van der Waals surface area contributed by atoms with Crippen molar-refractivity contribution < 1.29 is 0 Å². The molecule has 0 aliphatic heterocycles. The zero-order valence-corrected chi connectivity index (χ0v) is 13.5. The van der Waals surface area contributed by atoms with E-state index in [1.165, 1.54) is 16.7 Å². The Morgan fingerprint density at radius 3 is 2.76 bits per heavy atom. The number of hydrogen-bond donors (Lipinski definition) is 1. The molecule has 1 N–H and O–H groups in total. The van der Waals surface area contributed by atoms with Gasteiger partial charge in [-0.15, -0.1) is 0 Å². The molecule has 1 aromatic heterocycles. The van der Waals surface area contributed by atoms with E-state index in [0.717, 1.165) is 32.4 Å². The number of hydrogen-bond acceptors (Lipinski definition) is 2. The number of likely N-dealkylation sites (N-methyl/N-ethyl adjacent to an activating group) is 1. The van der Waals surface area contributed by atoms with Crippen molar-refractivity contribution >= 4 is 0 Å². The fourth-order valence-electron chi connectivity index (χ4n) is 2.74. The lowest BCUT2D eigenvalue weighted by Gasteiger charge is -2.17. The largest absolute Gasteiger partial charge is 0.314 e. The van der Waals surface area contributed by atoms with E-state index in [-0.39, 0.29) is 0 Å². The molecule has 1 unspecified atom stereocenters. The van der Waals surface area contributed by atoms with E-state index in [9.17, 15) is 0 Å². The summed E-state index contributed by atoms with van der Waals surface area (Å²) >= 11 is 0. The predicted molar refractivity (Wildman–Crippen MR) is 88.6 cm³/mol. The molecule has 1 atom stereocenters. The first-order valence-corrected chi connectivity index (χ1v) is 8.01. The van der Waals surface area contributed by atoms with Crippen molar-refractivity contribution in [3.8, 4) is 0 Å². The van der Waals surface area contributed by atoms with Gasteiger partial charge in [-0.25, -0.2) is 0 Å². The average molecular weight is 285 g/mol. The lowest BCUT2D eigenvalue weighted by Crippen LogP contribution is -2.31. The van der Waals surface area contributed by atoms with Crippen molar-refractivity contribution in [1.82, 2.24) is 15.1 Å². The second-order valence-corrected chi connectivity index (χ2v) is 5.69. The molecule has 0 amide bonds. The van der Waals surface area contributed by atoms with Gasteiger partial charge in [-0.1, -0.05) is 36.8 Å². The van der Waals surface area contributed by atoms with E-state index >= 15 is 0 Å². The highest BCUT2D eigenvalue weighted by Gasteiger charge is 2.10. The lowest BCUT2D eigenvalue weighted by atomic mass is 9.99. The summed E-state index contributed by atoms with van der Waals surface area (Å²) in [5, 5.41) is 7.97. The van der Waals surface area contributed by atoms with Crippen LogP contribution >= 0.6 is 0 Å². The Bertz CT molecular complexity index is 545. The fourth-order valence-corrected chi connectivity index (χ4v) is 2.74. The molecule has 1 heterocycles. The minimum atomic E-state index is 0.519.